The molecule has 0 amide bonds. The molecule has 0 spiro atoms. The summed E-state index contributed by atoms with van der Waals surface area (Å²) in [5.74, 6) is -0.146. The molecule has 1 aliphatic heterocycles. The predicted octanol–water partition coefficient (Wildman–Crippen LogP) is 2.91. The standard InChI is InChI=1S/C16H16FN/c17-15-8-4-7-14(9-15)16(11-18-12-16)10-13-5-2-1-3-6-13/h1-9,18H,10-12H2. The lowest BCUT2D eigenvalue weighted by Crippen LogP contribution is -2.58. The van der Waals surface area contributed by atoms with Crippen LogP contribution in [0.15, 0.2) is 54.6 Å². The summed E-state index contributed by atoms with van der Waals surface area (Å²) >= 11 is 0. The van der Waals surface area contributed by atoms with Crippen LogP contribution in [0.3, 0.4) is 0 Å². The summed E-state index contributed by atoms with van der Waals surface area (Å²) in [5, 5.41) is 3.32. The Morgan fingerprint density at radius 3 is 2.39 bits per heavy atom. The van der Waals surface area contributed by atoms with Crippen molar-refractivity contribution in [2.45, 2.75) is 11.8 Å². The molecule has 0 bridgehead atoms. The van der Waals surface area contributed by atoms with Gasteiger partial charge < -0.3 is 5.32 Å². The van der Waals surface area contributed by atoms with Crippen molar-refractivity contribution in [2.75, 3.05) is 13.1 Å². The maximum absolute atomic E-state index is 13.4. The Hall–Kier alpha value is -1.67. The summed E-state index contributed by atoms with van der Waals surface area (Å²) < 4.78 is 13.4. The quantitative estimate of drug-likeness (QED) is 0.871. The van der Waals surface area contributed by atoms with Gasteiger partial charge in [0.05, 0.1) is 0 Å². The van der Waals surface area contributed by atoms with Gasteiger partial charge in [0.25, 0.3) is 0 Å². The molecule has 1 heterocycles. The van der Waals surface area contributed by atoms with E-state index < -0.39 is 0 Å². The molecule has 1 saturated heterocycles. The van der Waals surface area contributed by atoms with Crippen molar-refractivity contribution in [3.8, 4) is 0 Å². The Balaban J connectivity index is 1.91. The van der Waals surface area contributed by atoms with Gasteiger partial charge in [0, 0.05) is 18.5 Å². The number of benzene rings is 2. The SMILES string of the molecule is Fc1cccc(C2(Cc3ccccc3)CNC2)c1. The largest absolute Gasteiger partial charge is 0.315 e. The molecule has 0 aromatic heterocycles. The van der Waals surface area contributed by atoms with E-state index in [2.05, 4.69) is 29.6 Å². The molecule has 1 fully saturated rings. The molecular formula is C16H16FN. The first-order valence-electron chi connectivity index (χ1n) is 6.29. The second-order valence-corrected chi connectivity index (χ2v) is 5.06. The van der Waals surface area contributed by atoms with E-state index in [1.165, 1.54) is 11.6 Å². The van der Waals surface area contributed by atoms with Crippen LogP contribution in [-0.4, -0.2) is 13.1 Å². The number of halogens is 1. The highest BCUT2D eigenvalue weighted by molar-refractivity contribution is 5.33. The fourth-order valence-electron chi connectivity index (χ4n) is 2.66. The van der Waals surface area contributed by atoms with E-state index in [-0.39, 0.29) is 11.2 Å². The van der Waals surface area contributed by atoms with Gasteiger partial charge in [-0.3, -0.25) is 0 Å². The van der Waals surface area contributed by atoms with E-state index in [1.54, 1.807) is 12.1 Å². The zero-order valence-electron chi connectivity index (χ0n) is 10.2. The summed E-state index contributed by atoms with van der Waals surface area (Å²) in [6, 6.07) is 17.4. The van der Waals surface area contributed by atoms with Crippen molar-refractivity contribution in [2.24, 2.45) is 0 Å². The lowest BCUT2D eigenvalue weighted by atomic mass is 9.71. The third-order valence-corrected chi connectivity index (χ3v) is 3.75. The third kappa shape index (κ3) is 2.04. The Morgan fingerprint density at radius 2 is 1.78 bits per heavy atom. The Bertz CT molecular complexity index is 532. The van der Waals surface area contributed by atoms with Crippen molar-refractivity contribution >= 4 is 0 Å². The minimum Gasteiger partial charge on any atom is -0.315 e. The van der Waals surface area contributed by atoms with Crippen LogP contribution in [0.5, 0.6) is 0 Å². The molecule has 0 unspecified atom stereocenters. The topological polar surface area (TPSA) is 12.0 Å². The molecule has 0 saturated carbocycles. The molecule has 2 aromatic rings. The zero-order valence-corrected chi connectivity index (χ0v) is 10.2. The van der Waals surface area contributed by atoms with E-state index in [0.29, 0.717) is 0 Å². The average molecular weight is 241 g/mol. The maximum atomic E-state index is 13.4. The monoisotopic (exact) mass is 241 g/mol. The second kappa shape index (κ2) is 4.54. The average Bonchev–Trinajstić information content (AvgIpc) is 2.35. The molecule has 2 heteroatoms. The predicted molar refractivity (Wildman–Crippen MR) is 71.1 cm³/mol. The van der Waals surface area contributed by atoms with E-state index >= 15 is 0 Å². The summed E-state index contributed by atoms with van der Waals surface area (Å²) in [6.45, 7) is 1.84. The molecule has 0 atom stereocenters. The molecule has 92 valence electrons. The Morgan fingerprint density at radius 1 is 1.00 bits per heavy atom. The minimum absolute atomic E-state index is 0.0590. The van der Waals surface area contributed by atoms with Crippen LogP contribution in [0.25, 0.3) is 0 Å². The van der Waals surface area contributed by atoms with Crippen molar-refractivity contribution < 1.29 is 4.39 Å². The van der Waals surface area contributed by atoms with Crippen LogP contribution in [0.4, 0.5) is 4.39 Å². The molecule has 1 aliphatic rings. The van der Waals surface area contributed by atoms with Crippen LogP contribution in [0, 0.1) is 5.82 Å². The van der Waals surface area contributed by atoms with Crippen molar-refractivity contribution in [1.29, 1.82) is 0 Å². The van der Waals surface area contributed by atoms with Gasteiger partial charge in [-0.15, -0.1) is 0 Å². The van der Waals surface area contributed by atoms with Gasteiger partial charge in [-0.25, -0.2) is 4.39 Å². The summed E-state index contributed by atoms with van der Waals surface area (Å²) in [6.07, 6.45) is 0.963. The number of rotatable bonds is 3. The number of hydrogen-bond donors (Lipinski definition) is 1. The van der Waals surface area contributed by atoms with Crippen LogP contribution in [0.2, 0.25) is 0 Å². The zero-order chi connectivity index (χ0) is 12.4. The van der Waals surface area contributed by atoms with Crippen LogP contribution < -0.4 is 5.32 Å². The van der Waals surface area contributed by atoms with Gasteiger partial charge in [0.15, 0.2) is 0 Å². The highest BCUT2D eigenvalue weighted by Gasteiger charge is 2.38. The Labute approximate surface area is 107 Å². The van der Waals surface area contributed by atoms with Crippen LogP contribution >= 0.6 is 0 Å². The van der Waals surface area contributed by atoms with E-state index in [0.717, 1.165) is 25.1 Å². The number of hydrogen-bond acceptors (Lipinski definition) is 1. The van der Waals surface area contributed by atoms with Gasteiger partial charge in [-0.1, -0.05) is 42.5 Å². The molecule has 1 N–H and O–H groups in total. The first-order valence-corrected chi connectivity index (χ1v) is 6.29. The van der Waals surface area contributed by atoms with Crippen molar-refractivity contribution in [3.63, 3.8) is 0 Å². The smallest absolute Gasteiger partial charge is 0.123 e. The van der Waals surface area contributed by atoms with Gasteiger partial charge in [0.2, 0.25) is 0 Å². The summed E-state index contributed by atoms with van der Waals surface area (Å²) in [5.41, 5.74) is 2.47. The highest BCUT2D eigenvalue weighted by Crippen LogP contribution is 2.32. The summed E-state index contributed by atoms with van der Waals surface area (Å²) in [7, 11) is 0. The molecule has 3 rings (SSSR count). The molecular weight excluding hydrogens is 225 g/mol. The van der Waals surface area contributed by atoms with E-state index in [9.17, 15) is 4.39 Å². The fourth-order valence-corrected chi connectivity index (χ4v) is 2.66. The normalized spacial score (nSPS) is 17.2. The minimum atomic E-state index is -0.146. The highest BCUT2D eigenvalue weighted by atomic mass is 19.1. The van der Waals surface area contributed by atoms with Crippen molar-refractivity contribution in [1.82, 2.24) is 5.32 Å². The molecule has 18 heavy (non-hydrogen) atoms. The second-order valence-electron chi connectivity index (χ2n) is 5.06. The fraction of sp³-hybridized carbons (Fsp3) is 0.250. The van der Waals surface area contributed by atoms with Gasteiger partial charge in [0.1, 0.15) is 5.82 Å². The first kappa shape index (κ1) is 11.4. The van der Waals surface area contributed by atoms with E-state index in [1.807, 2.05) is 12.1 Å². The van der Waals surface area contributed by atoms with Crippen LogP contribution in [0.1, 0.15) is 11.1 Å². The first-order chi connectivity index (χ1) is 8.78. The molecule has 0 radical (unpaired) electrons. The molecule has 2 aromatic carbocycles. The lowest BCUT2D eigenvalue weighted by Gasteiger charge is -2.43. The van der Waals surface area contributed by atoms with Crippen LogP contribution in [-0.2, 0) is 11.8 Å². The van der Waals surface area contributed by atoms with Gasteiger partial charge in [-0.2, -0.15) is 0 Å². The van der Waals surface area contributed by atoms with Gasteiger partial charge in [-0.05, 0) is 29.7 Å². The third-order valence-electron chi connectivity index (χ3n) is 3.75. The molecule has 1 nitrogen and oxygen atoms in total. The number of nitrogens with one attached hydrogen (secondary N) is 1. The molecule has 0 aliphatic carbocycles. The lowest BCUT2D eigenvalue weighted by molar-refractivity contribution is 0.274. The maximum Gasteiger partial charge on any atom is 0.123 e. The summed E-state index contributed by atoms with van der Waals surface area (Å²) in [4.78, 5) is 0. The van der Waals surface area contributed by atoms with Crippen molar-refractivity contribution in [3.05, 3.63) is 71.5 Å². The van der Waals surface area contributed by atoms with E-state index in [4.69, 9.17) is 0 Å². The Kier molecular flexibility index (Phi) is 2.88. The van der Waals surface area contributed by atoms with Gasteiger partial charge >= 0.3 is 0 Å².